The van der Waals surface area contributed by atoms with Crippen LogP contribution in [0, 0.1) is 0 Å². The Balaban J connectivity index is 2.81. The van der Waals surface area contributed by atoms with Gasteiger partial charge in [-0.1, -0.05) is 0 Å². The van der Waals surface area contributed by atoms with Gasteiger partial charge in [-0.2, -0.15) is 8.42 Å². The summed E-state index contributed by atoms with van der Waals surface area (Å²) < 4.78 is 24.6. The monoisotopic (exact) mass is 179 g/mol. The molecule has 7 heteroatoms. The molecule has 1 rings (SSSR count). The number of nitrogens with one attached hydrogen (secondary N) is 1. The standard InChI is InChI=1S/C4H9N3O3S/c5-1-2-7-4(8)3-6-11(7,9)10/h3,6,8H,1-2,5H2. The van der Waals surface area contributed by atoms with E-state index < -0.39 is 10.2 Å². The molecule has 6 nitrogen and oxygen atoms in total. The van der Waals surface area contributed by atoms with Crippen molar-refractivity contribution in [3.63, 3.8) is 0 Å². The summed E-state index contributed by atoms with van der Waals surface area (Å²) in [4.78, 5) is 0. The summed E-state index contributed by atoms with van der Waals surface area (Å²) in [6, 6.07) is 0. The van der Waals surface area contributed by atoms with Gasteiger partial charge in [-0.15, -0.1) is 0 Å². The van der Waals surface area contributed by atoms with Crippen LogP contribution in [0.1, 0.15) is 0 Å². The lowest BCUT2D eigenvalue weighted by molar-refractivity contribution is 0.291. The summed E-state index contributed by atoms with van der Waals surface area (Å²) in [5.41, 5.74) is 5.12. The number of nitrogens with two attached hydrogens (primary N) is 1. The lowest BCUT2D eigenvalue weighted by Gasteiger charge is -2.14. The Morgan fingerprint density at radius 1 is 1.73 bits per heavy atom. The summed E-state index contributed by atoms with van der Waals surface area (Å²) in [5, 5.41) is 8.95. The molecule has 1 aliphatic rings. The van der Waals surface area contributed by atoms with Gasteiger partial charge >= 0.3 is 10.2 Å². The summed E-state index contributed by atoms with van der Waals surface area (Å²) >= 11 is 0. The minimum atomic E-state index is -3.54. The largest absolute Gasteiger partial charge is 0.493 e. The van der Waals surface area contributed by atoms with Gasteiger partial charge in [0.1, 0.15) is 0 Å². The van der Waals surface area contributed by atoms with Gasteiger partial charge in [0, 0.05) is 6.54 Å². The van der Waals surface area contributed by atoms with Crippen LogP contribution in [0.3, 0.4) is 0 Å². The SMILES string of the molecule is NCCN1C(O)=CNS1(=O)=O. The second-order valence-corrected chi connectivity index (χ2v) is 3.61. The highest BCUT2D eigenvalue weighted by atomic mass is 32.2. The number of rotatable bonds is 2. The summed E-state index contributed by atoms with van der Waals surface area (Å²) in [7, 11) is -3.54. The highest BCUT2D eigenvalue weighted by Gasteiger charge is 2.27. The van der Waals surface area contributed by atoms with E-state index in [1.165, 1.54) is 0 Å². The van der Waals surface area contributed by atoms with Crippen molar-refractivity contribution >= 4 is 10.2 Å². The van der Waals surface area contributed by atoms with E-state index in [1.54, 1.807) is 0 Å². The fraction of sp³-hybridized carbons (Fsp3) is 0.500. The molecule has 0 aliphatic carbocycles. The molecule has 64 valence electrons. The van der Waals surface area contributed by atoms with Gasteiger partial charge in [0.25, 0.3) is 0 Å². The van der Waals surface area contributed by atoms with Gasteiger partial charge in [0.15, 0.2) is 0 Å². The van der Waals surface area contributed by atoms with Gasteiger partial charge in [-0.05, 0) is 0 Å². The Morgan fingerprint density at radius 2 is 2.36 bits per heavy atom. The maximum absolute atomic E-state index is 10.9. The lowest BCUT2D eigenvalue weighted by Crippen LogP contribution is -2.34. The minimum absolute atomic E-state index is 0.0810. The molecule has 0 spiro atoms. The van der Waals surface area contributed by atoms with Crippen molar-refractivity contribution in [3.05, 3.63) is 12.1 Å². The van der Waals surface area contributed by atoms with Crippen molar-refractivity contribution in [2.24, 2.45) is 5.73 Å². The quantitative estimate of drug-likeness (QED) is 0.478. The van der Waals surface area contributed by atoms with Crippen molar-refractivity contribution < 1.29 is 13.5 Å². The van der Waals surface area contributed by atoms with Crippen LogP contribution in [-0.2, 0) is 10.2 Å². The van der Waals surface area contributed by atoms with Crippen LogP contribution < -0.4 is 10.5 Å². The molecule has 0 fully saturated rings. The fourth-order valence-corrected chi connectivity index (χ4v) is 1.76. The number of hydrogen-bond acceptors (Lipinski definition) is 4. The second-order valence-electron chi connectivity index (χ2n) is 1.99. The number of aliphatic hydroxyl groups is 1. The molecule has 0 aromatic heterocycles. The zero-order valence-corrected chi connectivity index (χ0v) is 6.50. The Hall–Kier alpha value is -0.950. The van der Waals surface area contributed by atoms with Crippen molar-refractivity contribution in [2.45, 2.75) is 0 Å². The molecule has 0 atom stereocenters. The Bertz CT molecular complexity index is 270. The molecule has 0 amide bonds. The predicted octanol–water partition coefficient (Wildman–Crippen LogP) is -1.55. The molecule has 0 aromatic carbocycles. The summed E-state index contributed by atoms with van der Waals surface area (Å²) in [5.74, 6) is -0.324. The van der Waals surface area contributed by atoms with Gasteiger partial charge in [0.05, 0.1) is 12.7 Å². The summed E-state index contributed by atoms with van der Waals surface area (Å²) in [6.07, 6.45) is 1.00. The van der Waals surface area contributed by atoms with Gasteiger partial charge < -0.3 is 10.8 Å². The smallest absolute Gasteiger partial charge is 0.326 e. The van der Waals surface area contributed by atoms with Gasteiger partial charge in [0.2, 0.25) is 5.88 Å². The minimum Gasteiger partial charge on any atom is -0.493 e. The highest BCUT2D eigenvalue weighted by Crippen LogP contribution is 2.10. The zero-order valence-electron chi connectivity index (χ0n) is 5.69. The van der Waals surface area contributed by atoms with Crippen LogP contribution in [0.25, 0.3) is 0 Å². The molecule has 0 radical (unpaired) electrons. The first-order valence-corrected chi connectivity index (χ1v) is 4.41. The van der Waals surface area contributed by atoms with E-state index in [0.29, 0.717) is 0 Å². The molecule has 0 unspecified atom stereocenters. The average Bonchev–Trinajstić information content (AvgIpc) is 2.16. The topological polar surface area (TPSA) is 95.7 Å². The molecule has 0 saturated carbocycles. The van der Waals surface area contributed by atoms with Crippen LogP contribution in [0.2, 0.25) is 0 Å². The number of aliphatic hydroxyl groups excluding tert-OH is 1. The first-order chi connectivity index (χ1) is 5.08. The fourth-order valence-electron chi connectivity index (χ4n) is 0.738. The van der Waals surface area contributed by atoms with E-state index in [4.69, 9.17) is 10.8 Å². The van der Waals surface area contributed by atoms with Crippen molar-refractivity contribution in [3.8, 4) is 0 Å². The molecule has 1 heterocycles. The van der Waals surface area contributed by atoms with E-state index >= 15 is 0 Å². The van der Waals surface area contributed by atoms with E-state index in [2.05, 4.69) is 0 Å². The molecular formula is C4H9N3O3S. The van der Waals surface area contributed by atoms with E-state index in [1.807, 2.05) is 4.72 Å². The Morgan fingerprint density at radius 3 is 2.73 bits per heavy atom. The third kappa shape index (κ3) is 1.38. The van der Waals surface area contributed by atoms with Crippen LogP contribution in [-0.4, -0.2) is 30.9 Å². The van der Waals surface area contributed by atoms with Crippen molar-refractivity contribution in [1.82, 2.24) is 9.03 Å². The normalized spacial score (nSPS) is 21.2. The van der Waals surface area contributed by atoms with Crippen LogP contribution in [0.5, 0.6) is 0 Å². The highest BCUT2D eigenvalue weighted by molar-refractivity contribution is 7.87. The number of hydrogen-bond donors (Lipinski definition) is 3. The average molecular weight is 179 g/mol. The van der Waals surface area contributed by atoms with E-state index in [-0.39, 0.29) is 19.0 Å². The van der Waals surface area contributed by atoms with E-state index in [0.717, 1.165) is 10.5 Å². The molecule has 4 N–H and O–H groups in total. The van der Waals surface area contributed by atoms with Gasteiger partial charge in [-0.3, -0.25) is 4.72 Å². The molecule has 0 bridgehead atoms. The maximum Gasteiger partial charge on any atom is 0.326 e. The first kappa shape index (κ1) is 8.15. The van der Waals surface area contributed by atoms with Crippen LogP contribution in [0.4, 0.5) is 0 Å². The third-order valence-electron chi connectivity index (χ3n) is 1.21. The Kier molecular flexibility index (Phi) is 1.92. The zero-order chi connectivity index (χ0) is 8.48. The maximum atomic E-state index is 10.9. The third-order valence-corrected chi connectivity index (χ3v) is 2.58. The molecule has 11 heavy (non-hydrogen) atoms. The first-order valence-electron chi connectivity index (χ1n) is 2.97. The van der Waals surface area contributed by atoms with Gasteiger partial charge in [-0.25, -0.2) is 4.31 Å². The van der Waals surface area contributed by atoms with Crippen molar-refractivity contribution in [2.75, 3.05) is 13.1 Å². The van der Waals surface area contributed by atoms with E-state index in [9.17, 15) is 8.42 Å². The molecule has 0 saturated heterocycles. The summed E-state index contributed by atoms with van der Waals surface area (Å²) in [6.45, 7) is 0.247. The predicted molar refractivity (Wildman–Crippen MR) is 38.5 cm³/mol. The second kappa shape index (κ2) is 2.59. The molecule has 0 aromatic rings. The lowest BCUT2D eigenvalue weighted by atomic mass is 10.6. The Labute approximate surface area is 64.5 Å². The molecular weight excluding hydrogens is 170 g/mol. The van der Waals surface area contributed by atoms with Crippen molar-refractivity contribution in [1.29, 1.82) is 0 Å². The molecule has 1 aliphatic heterocycles. The van der Waals surface area contributed by atoms with Crippen LogP contribution >= 0.6 is 0 Å². The van der Waals surface area contributed by atoms with Crippen LogP contribution in [0.15, 0.2) is 12.1 Å². The number of nitrogens with zero attached hydrogens (tertiary/aromatic N) is 1.